The van der Waals surface area contributed by atoms with Crippen LogP contribution < -0.4 is 9.62 Å². The summed E-state index contributed by atoms with van der Waals surface area (Å²) in [6.07, 6.45) is 1.36. The van der Waals surface area contributed by atoms with Gasteiger partial charge in [0, 0.05) is 23.6 Å². The molecular weight excluding hydrogens is 589 g/mol. The number of nitrogens with one attached hydrogen (secondary N) is 1. The fourth-order valence-electron chi connectivity index (χ4n) is 3.95. The molecule has 0 unspecified atom stereocenters. The van der Waals surface area contributed by atoms with Gasteiger partial charge in [0.1, 0.15) is 12.6 Å². The quantitative estimate of drug-likeness (QED) is 0.351. The zero-order valence-corrected chi connectivity index (χ0v) is 23.5. The van der Waals surface area contributed by atoms with Gasteiger partial charge in [-0.05, 0) is 64.9 Å². The van der Waals surface area contributed by atoms with Gasteiger partial charge in [-0.25, -0.2) is 8.42 Å². The van der Waals surface area contributed by atoms with Crippen molar-refractivity contribution >= 4 is 50.1 Å². The van der Waals surface area contributed by atoms with E-state index in [4.69, 9.17) is 0 Å². The SMILES string of the molecule is CNC(=O)[C@H](Cc1ccccc1)N(Cc1cccc(C)c1)C(=O)CN(c1ccc(I)cc1)S(C)(=O)=O. The van der Waals surface area contributed by atoms with E-state index in [0.29, 0.717) is 12.1 Å². The summed E-state index contributed by atoms with van der Waals surface area (Å²) in [6, 6.07) is 23.2. The lowest BCUT2D eigenvalue weighted by Crippen LogP contribution is -2.52. The zero-order chi connectivity index (χ0) is 26.3. The molecule has 7 nitrogen and oxygen atoms in total. The monoisotopic (exact) mass is 619 g/mol. The molecule has 0 saturated carbocycles. The number of aryl methyl sites for hydroxylation is 1. The summed E-state index contributed by atoms with van der Waals surface area (Å²) in [4.78, 5) is 28.4. The second-order valence-corrected chi connectivity index (χ2v) is 11.7. The van der Waals surface area contributed by atoms with Crippen LogP contribution in [0, 0.1) is 10.5 Å². The summed E-state index contributed by atoms with van der Waals surface area (Å²) in [7, 11) is -2.23. The van der Waals surface area contributed by atoms with E-state index in [1.807, 2.05) is 61.5 Å². The van der Waals surface area contributed by atoms with Crippen LogP contribution in [0.2, 0.25) is 0 Å². The number of hydrogen-bond donors (Lipinski definition) is 1. The molecule has 190 valence electrons. The average molecular weight is 620 g/mol. The summed E-state index contributed by atoms with van der Waals surface area (Å²) in [5, 5.41) is 2.67. The highest BCUT2D eigenvalue weighted by atomic mass is 127. The van der Waals surface area contributed by atoms with Crippen molar-refractivity contribution in [3.8, 4) is 0 Å². The van der Waals surface area contributed by atoms with Gasteiger partial charge in [-0.3, -0.25) is 13.9 Å². The molecule has 0 bridgehead atoms. The molecule has 0 spiro atoms. The minimum atomic E-state index is -3.77. The highest BCUT2D eigenvalue weighted by Crippen LogP contribution is 2.21. The second-order valence-electron chi connectivity index (χ2n) is 8.58. The Labute approximate surface area is 226 Å². The Balaban J connectivity index is 2.02. The minimum Gasteiger partial charge on any atom is -0.357 e. The van der Waals surface area contributed by atoms with E-state index < -0.39 is 28.5 Å². The van der Waals surface area contributed by atoms with Crippen LogP contribution in [0.25, 0.3) is 0 Å². The molecular formula is C27H30IN3O4S. The summed E-state index contributed by atoms with van der Waals surface area (Å²) in [5.74, 6) is -0.787. The van der Waals surface area contributed by atoms with Gasteiger partial charge in [0.2, 0.25) is 21.8 Å². The van der Waals surface area contributed by atoms with E-state index in [1.54, 1.807) is 24.3 Å². The third-order valence-corrected chi connectivity index (χ3v) is 7.61. The van der Waals surface area contributed by atoms with Crippen LogP contribution in [0.15, 0.2) is 78.9 Å². The number of hydrogen-bond acceptors (Lipinski definition) is 4. The van der Waals surface area contributed by atoms with Gasteiger partial charge in [0.25, 0.3) is 0 Å². The number of carbonyl (C=O) groups excluding carboxylic acids is 2. The van der Waals surface area contributed by atoms with Gasteiger partial charge in [0.05, 0.1) is 11.9 Å². The predicted octanol–water partition coefficient (Wildman–Crippen LogP) is 3.75. The topological polar surface area (TPSA) is 86.8 Å². The molecule has 3 aromatic rings. The van der Waals surface area contributed by atoms with Crippen LogP contribution in [0.4, 0.5) is 5.69 Å². The lowest BCUT2D eigenvalue weighted by molar-refractivity contribution is -0.139. The minimum absolute atomic E-state index is 0.162. The molecule has 2 amide bonds. The Kier molecular flexibility index (Phi) is 9.49. The van der Waals surface area contributed by atoms with Crippen molar-refractivity contribution in [1.82, 2.24) is 10.2 Å². The Hall–Kier alpha value is -2.92. The molecule has 9 heteroatoms. The van der Waals surface area contributed by atoms with Crippen LogP contribution in [-0.4, -0.2) is 51.0 Å². The maximum absolute atomic E-state index is 13.8. The second kappa shape index (κ2) is 12.4. The number of likely N-dealkylation sites (N-methyl/N-ethyl adjacent to an activating group) is 1. The zero-order valence-electron chi connectivity index (χ0n) is 20.5. The van der Waals surface area contributed by atoms with E-state index in [1.165, 1.54) is 11.9 Å². The smallest absolute Gasteiger partial charge is 0.244 e. The first-order chi connectivity index (χ1) is 17.1. The highest BCUT2D eigenvalue weighted by Gasteiger charge is 2.32. The number of rotatable bonds is 10. The van der Waals surface area contributed by atoms with Crippen LogP contribution in [0.1, 0.15) is 16.7 Å². The standard InChI is InChI=1S/C27H30IN3O4S/c1-20-8-7-11-22(16-20)18-30(25(27(33)29-2)17-21-9-5-4-6-10-21)26(32)19-31(36(3,34)35)24-14-12-23(28)13-15-24/h4-16,25H,17-19H2,1-3H3,(H,29,33)/t25-/m0/s1. The third kappa shape index (κ3) is 7.54. The van der Waals surface area contributed by atoms with Crippen molar-refractivity contribution in [2.24, 2.45) is 0 Å². The number of carbonyl (C=O) groups is 2. The molecule has 0 aliphatic carbocycles. The van der Waals surface area contributed by atoms with Crippen LogP contribution in [0.3, 0.4) is 0 Å². The lowest BCUT2D eigenvalue weighted by Gasteiger charge is -2.33. The Bertz CT molecular complexity index is 1300. The average Bonchev–Trinajstić information content (AvgIpc) is 2.84. The summed E-state index contributed by atoms with van der Waals surface area (Å²) >= 11 is 2.13. The Morgan fingerprint density at radius 1 is 0.944 bits per heavy atom. The number of anilines is 1. The predicted molar refractivity (Wildman–Crippen MR) is 151 cm³/mol. The normalized spacial score (nSPS) is 12.0. The van der Waals surface area contributed by atoms with E-state index in [9.17, 15) is 18.0 Å². The number of benzene rings is 3. The molecule has 0 heterocycles. The first-order valence-corrected chi connectivity index (χ1v) is 14.3. The largest absolute Gasteiger partial charge is 0.357 e. The van der Waals surface area contributed by atoms with Gasteiger partial charge < -0.3 is 10.2 Å². The maximum atomic E-state index is 13.8. The molecule has 1 N–H and O–H groups in total. The number of nitrogens with zero attached hydrogens (tertiary/aromatic N) is 2. The van der Waals surface area contributed by atoms with Crippen molar-refractivity contribution in [3.05, 3.63) is 99.1 Å². The van der Waals surface area contributed by atoms with E-state index in [0.717, 1.165) is 30.8 Å². The first-order valence-electron chi connectivity index (χ1n) is 11.4. The number of halogens is 1. The number of amides is 2. The van der Waals surface area contributed by atoms with E-state index in [-0.39, 0.29) is 12.5 Å². The van der Waals surface area contributed by atoms with Crippen molar-refractivity contribution in [2.45, 2.75) is 25.9 Å². The van der Waals surface area contributed by atoms with Crippen LogP contribution >= 0.6 is 22.6 Å². The number of sulfonamides is 1. The molecule has 0 aromatic heterocycles. The molecule has 0 saturated heterocycles. The molecule has 0 fully saturated rings. The van der Waals surface area contributed by atoms with Crippen LogP contribution in [-0.2, 0) is 32.6 Å². The van der Waals surface area contributed by atoms with Gasteiger partial charge >= 0.3 is 0 Å². The highest BCUT2D eigenvalue weighted by molar-refractivity contribution is 14.1. The van der Waals surface area contributed by atoms with Crippen LogP contribution in [0.5, 0.6) is 0 Å². The Morgan fingerprint density at radius 3 is 2.17 bits per heavy atom. The van der Waals surface area contributed by atoms with Gasteiger partial charge in [0.15, 0.2) is 0 Å². The molecule has 3 aromatic carbocycles. The molecule has 0 radical (unpaired) electrons. The Morgan fingerprint density at radius 2 is 1.58 bits per heavy atom. The summed E-state index contributed by atoms with van der Waals surface area (Å²) in [6.45, 7) is 1.70. The van der Waals surface area contributed by atoms with E-state index in [2.05, 4.69) is 27.9 Å². The maximum Gasteiger partial charge on any atom is 0.244 e. The molecule has 0 aliphatic rings. The van der Waals surface area contributed by atoms with Gasteiger partial charge in [-0.15, -0.1) is 0 Å². The molecule has 36 heavy (non-hydrogen) atoms. The molecule has 3 rings (SSSR count). The van der Waals surface area contributed by atoms with Gasteiger partial charge in [-0.1, -0.05) is 60.2 Å². The van der Waals surface area contributed by atoms with Gasteiger partial charge in [-0.2, -0.15) is 0 Å². The fraction of sp³-hybridized carbons (Fsp3) is 0.259. The molecule has 0 aliphatic heterocycles. The fourth-order valence-corrected chi connectivity index (χ4v) is 5.16. The van der Waals surface area contributed by atoms with Crippen molar-refractivity contribution < 1.29 is 18.0 Å². The van der Waals surface area contributed by atoms with Crippen molar-refractivity contribution in [3.63, 3.8) is 0 Å². The van der Waals surface area contributed by atoms with Crippen molar-refractivity contribution in [2.75, 3.05) is 24.2 Å². The summed E-state index contributed by atoms with van der Waals surface area (Å²) < 4.78 is 27.4. The first kappa shape index (κ1) is 27.7. The van der Waals surface area contributed by atoms with E-state index >= 15 is 0 Å². The third-order valence-electron chi connectivity index (χ3n) is 5.75. The summed E-state index contributed by atoms with van der Waals surface area (Å²) in [5.41, 5.74) is 3.16. The lowest BCUT2D eigenvalue weighted by atomic mass is 10.0. The van der Waals surface area contributed by atoms with Crippen molar-refractivity contribution in [1.29, 1.82) is 0 Å². The molecule has 1 atom stereocenters.